The highest BCUT2D eigenvalue weighted by Gasteiger charge is 2.38. The normalized spacial score (nSPS) is 21.8. The minimum Gasteiger partial charge on any atom is -0.444 e. The summed E-state index contributed by atoms with van der Waals surface area (Å²) in [6, 6.07) is 0. The zero-order chi connectivity index (χ0) is 14.9. The maximum atomic E-state index is 11.9. The number of nitrogens with zero attached hydrogens (tertiary/aromatic N) is 1. The molecule has 1 N–H and O–H groups in total. The van der Waals surface area contributed by atoms with Gasteiger partial charge in [-0.05, 0) is 51.9 Å². The van der Waals surface area contributed by atoms with Gasteiger partial charge < -0.3 is 14.7 Å². The summed E-state index contributed by atoms with van der Waals surface area (Å²) < 4.78 is 5.30. The number of rotatable bonds is 2. The SMILES string of the molecule is CN(CC1(O)CCC(C)(C)CC1)C(=O)OC(C)(C)C. The van der Waals surface area contributed by atoms with Crippen molar-refractivity contribution in [1.29, 1.82) is 0 Å². The van der Waals surface area contributed by atoms with E-state index in [0.717, 1.165) is 25.7 Å². The first-order valence-electron chi connectivity index (χ1n) is 7.09. The number of ether oxygens (including phenoxy) is 1. The highest BCUT2D eigenvalue weighted by atomic mass is 16.6. The molecule has 1 aliphatic rings. The molecule has 0 saturated heterocycles. The first kappa shape index (κ1) is 16.3. The van der Waals surface area contributed by atoms with Crippen LogP contribution in [0.2, 0.25) is 0 Å². The Morgan fingerprint density at radius 1 is 1.21 bits per heavy atom. The molecule has 0 aromatic rings. The smallest absolute Gasteiger partial charge is 0.410 e. The van der Waals surface area contributed by atoms with Gasteiger partial charge in [-0.15, -0.1) is 0 Å². The monoisotopic (exact) mass is 271 g/mol. The van der Waals surface area contributed by atoms with Crippen LogP contribution in [0.5, 0.6) is 0 Å². The Morgan fingerprint density at radius 2 is 1.68 bits per heavy atom. The first-order chi connectivity index (χ1) is 8.43. The van der Waals surface area contributed by atoms with Gasteiger partial charge in [0.25, 0.3) is 0 Å². The van der Waals surface area contributed by atoms with Crippen LogP contribution in [0.4, 0.5) is 4.79 Å². The number of aliphatic hydroxyl groups is 1. The van der Waals surface area contributed by atoms with E-state index in [0.29, 0.717) is 12.0 Å². The van der Waals surface area contributed by atoms with Crippen LogP contribution >= 0.6 is 0 Å². The standard InChI is InChI=1S/C15H29NO3/c1-13(2,3)19-12(17)16(6)11-15(18)9-7-14(4,5)8-10-15/h18H,7-11H2,1-6H3. The van der Waals surface area contributed by atoms with Gasteiger partial charge in [-0.3, -0.25) is 0 Å². The average molecular weight is 271 g/mol. The second-order valence-corrected chi connectivity index (χ2v) is 7.72. The van der Waals surface area contributed by atoms with Crippen LogP contribution in [0.3, 0.4) is 0 Å². The molecule has 0 atom stereocenters. The summed E-state index contributed by atoms with van der Waals surface area (Å²) in [6.07, 6.45) is 3.10. The van der Waals surface area contributed by atoms with Gasteiger partial charge in [0.15, 0.2) is 0 Å². The van der Waals surface area contributed by atoms with Gasteiger partial charge in [-0.1, -0.05) is 13.8 Å². The first-order valence-corrected chi connectivity index (χ1v) is 7.09. The summed E-state index contributed by atoms with van der Waals surface area (Å²) in [7, 11) is 1.69. The van der Waals surface area contributed by atoms with Crippen molar-refractivity contribution in [2.45, 2.75) is 71.5 Å². The van der Waals surface area contributed by atoms with Crippen LogP contribution in [-0.4, -0.2) is 40.9 Å². The van der Waals surface area contributed by atoms with E-state index in [9.17, 15) is 9.90 Å². The predicted octanol–water partition coefficient (Wildman–Crippen LogP) is 3.18. The van der Waals surface area contributed by atoms with Crippen molar-refractivity contribution in [3.63, 3.8) is 0 Å². The number of hydrogen-bond donors (Lipinski definition) is 1. The van der Waals surface area contributed by atoms with E-state index >= 15 is 0 Å². The Hall–Kier alpha value is -0.770. The minimum atomic E-state index is -0.763. The summed E-state index contributed by atoms with van der Waals surface area (Å²) in [5, 5.41) is 10.6. The summed E-state index contributed by atoms with van der Waals surface area (Å²) in [4.78, 5) is 13.4. The van der Waals surface area contributed by atoms with E-state index in [1.54, 1.807) is 7.05 Å². The van der Waals surface area contributed by atoms with Gasteiger partial charge in [0.1, 0.15) is 5.60 Å². The topological polar surface area (TPSA) is 49.8 Å². The molecular weight excluding hydrogens is 242 g/mol. The molecule has 0 spiro atoms. The number of hydrogen-bond acceptors (Lipinski definition) is 3. The fourth-order valence-electron chi connectivity index (χ4n) is 2.40. The molecule has 0 aliphatic heterocycles. The lowest BCUT2D eigenvalue weighted by atomic mass is 9.71. The molecule has 0 radical (unpaired) electrons. The van der Waals surface area contributed by atoms with Crippen LogP contribution in [-0.2, 0) is 4.74 Å². The van der Waals surface area contributed by atoms with Crippen LogP contribution in [0.1, 0.15) is 60.3 Å². The largest absolute Gasteiger partial charge is 0.444 e. The molecule has 0 aromatic carbocycles. The van der Waals surface area contributed by atoms with Crippen LogP contribution in [0.15, 0.2) is 0 Å². The van der Waals surface area contributed by atoms with E-state index < -0.39 is 11.2 Å². The number of amides is 1. The molecule has 0 unspecified atom stereocenters. The van der Waals surface area contributed by atoms with Crippen LogP contribution in [0, 0.1) is 5.41 Å². The lowest BCUT2D eigenvalue weighted by Gasteiger charge is -2.42. The molecule has 4 heteroatoms. The van der Waals surface area contributed by atoms with Crippen LogP contribution < -0.4 is 0 Å². The third-order valence-electron chi connectivity index (χ3n) is 3.77. The lowest BCUT2D eigenvalue weighted by Crippen LogP contribution is -2.48. The van der Waals surface area contributed by atoms with Gasteiger partial charge in [0.2, 0.25) is 0 Å². The van der Waals surface area contributed by atoms with Gasteiger partial charge in [0, 0.05) is 7.05 Å². The molecule has 1 amide bonds. The second kappa shape index (κ2) is 5.31. The maximum absolute atomic E-state index is 11.9. The van der Waals surface area contributed by atoms with Crippen molar-refractivity contribution in [3.8, 4) is 0 Å². The summed E-state index contributed by atoms with van der Waals surface area (Å²) in [5.74, 6) is 0. The third kappa shape index (κ3) is 5.39. The number of likely N-dealkylation sites (N-methyl/N-ethyl adjacent to an activating group) is 1. The summed E-state index contributed by atoms with van der Waals surface area (Å²) in [5.41, 5.74) is -0.958. The Bertz CT molecular complexity index is 321. The Labute approximate surface area is 117 Å². The van der Waals surface area contributed by atoms with Crippen molar-refractivity contribution in [3.05, 3.63) is 0 Å². The molecule has 1 rings (SSSR count). The predicted molar refractivity (Wildman–Crippen MR) is 76.1 cm³/mol. The van der Waals surface area contributed by atoms with Crippen molar-refractivity contribution < 1.29 is 14.6 Å². The van der Waals surface area contributed by atoms with Gasteiger partial charge in [0.05, 0.1) is 12.1 Å². The lowest BCUT2D eigenvalue weighted by molar-refractivity contribution is -0.0503. The van der Waals surface area contributed by atoms with E-state index in [2.05, 4.69) is 13.8 Å². The highest BCUT2D eigenvalue weighted by Crippen LogP contribution is 2.40. The van der Waals surface area contributed by atoms with Gasteiger partial charge >= 0.3 is 6.09 Å². The Balaban J connectivity index is 2.52. The van der Waals surface area contributed by atoms with Gasteiger partial charge in [-0.25, -0.2) is 4.79 Å². The third-order valence-corrected chi connectivity index (χ3v) is 3.77. The zero-order valence-corrected chi connectivity index (χ0v) is 13.2. The van der Waals surface area contributed by atoms with E-state index in [1.165, 1.54) is 4.90 Å². The second-order valence-electron chi connectivity index (χ2n) is 7.72. The van der Waals surface area contributed by atoms with Crippen molar-refractivity contribution in [1.82, 2.24) is 4.90 Å². The summed E-state index contributed by atoms with van der Waals surface area (Å²) >= 11 is 0. The number of carbonyl (C=O) groups excluding carboxylic acids is 1. The average Bonchev–Trinajstić information content (AvgIpc) is 2.21. The molecule has 0 aromatic heterocycles. The Kier molecular flexibility index (Phi) is 4.55. The van der Waals surface area contributed by atoms with Crippen LogP contribution in [0.25, 0.3) is 0 Å². The van der Waals surface area contributed by atoms with Crippen molar-refractivity contribution >= 4 is 6.09 Å². The fraction of sp³-hybridized carbons (Fsp3) is 0.933. The molecule has 1 fully saturated rings. The minimum absolute atomic E-state index is 0.302. The Morgan fingerprint density at radius 3 is 2.11 bits per heavy atom. The van der Waals surface area contributed by atoms with Crippen molar-refractivity contribution in [2.24, 2.45) is 5.41 Å². The van der Waals surface area contributed by atoms with Gasteiger partial charge in [-0.2, -0.15) is 0 Å². The summed E-state index contributed by atoms with van der Waals surface area (Å²) in [6.45, 7) is 10.3. The molecule has 112 valence electrons. The maximum Gasteiger partial charge on any atom is 0.410 e. The highest BCUT2D eigenvalue weighted by molar-refractivity contribution is 5.67. The van der Waals surface area contributed by atoms with E-state index in [4.69, 9.17) is 4.74 Å². The molecule has 0 heterocycles. The van der Waals surface area contributed by atoms with E-state index in [1.807, 2.05) is 20.8 Å². The zero-order valence-electron chi connectivity index (χ0n) is 13.2. The molecule has 1 aliphatic carbocycles. The molecular formula is C15H29NO3. The molecule has 0 bridgehead atoms. The molecule has 4 nitrogen and oxygen atoms in total. The molecule has 1 saturated carbocycles. The fourth-order valence-corrected chi connectivity index (χ4v) is 2.40. The molecule has 19 heavy (non-hydrogen) atoms. The van der Waals surface area contributed by atoms with Crippen molar-refractivity contribution in [2.75, 3.05) is 13.6 Å². The quantitative estimate of drug-likeness (QED) is 0.839. The number of carbonyl (C=O) groups is 1. The van der Waals surface area contributed by atoms with E-state index in [-0.39, 0.29) is 6.09 Å².